The number of amides is 1. The average Bonchev–Trinajstić information content (AvgIpc) is 2.99. The Hall–Kier alpha value is -3.19. The number of aliphatic hydroxyl groups is 1. The van der Waals surface area contributed by atoms with E-state index in [2.05, 4.69) is 0 Å². The quantitative estimate of drug-likeness (QED) is 0.397. The number of carbonyl (C=O) groups is 2. The average molecular weight is 426 g/mol. The van der Waals surface area contributed by atoms with Gasteiger partial charge >= 0.3 is 0 Å². The topological polar surface area (TPSA) is 70.1 Å². The van der Waals surface area contributed by atoms with E-state index in [9.17, 15) is 19.1 Å². The number of benzene rings is 2. The van der Waals surface area contributed by atoms with Crippen LogP contribution in [-0.2, 0) is 9.59 Å². The molecule has 1 fully saturated rings. The van der Waals surface area contributed by atoms with E-state index in [1.807, 2.05) is 25.9 Å². The molecule has 1 heterocycles. The number of ketones is 1. The maximum Gasteiger partial charge on any atom is 0.295 e. The molecule has 0 spiro atoms. The maximum absolute atomic E-state index is 13.3. The zero-order valence-corrected chi connectivity index (χ0v) is 18.0. The highest BCUT2D eigenvalue weighted by Gasteiger charge is 2.45. The van der Waals surface area contributed by atoms with Crippen molar-refractivity contribution in [3.63, 3.8) is 0 Å². The molecule has 7 heteroatoms. The van der Waals surface area contributed by atoms with Crippen molar-refractivity contribution in [1.29, 1.82) is 0 Å². The lowest BCUT2D eigenvalue weighted by Gasteiger charge is -2.26. The molecule has 1 N–H and O–H groups in total. The van der Waals surface area contributed by atoms with Gasteiger partial charge in [-0.25, -0.2) is 4.39 Å². The van der Waals surface area contributed by atoms with Gasteiger partial charge in [0, 0.05) is 12.1 Å². The Morgan fingerprint density at radius 3 is 2.32 bits per heavy atom. The van der Waals surface area contributed by atoms with Crippen LogP contribution in [0, 0.1) is 5.82 Å². The Labute approximate surface area is 181 Å². The van der Waals surface area contributed by atoms with E-state index in [0.717, 1.165) is 6.54 Å². The first-order valence-corrected chi connectivity index (χ1v) is 10.2. The van der Waals surface area contributed by atoms with E-state index in [1.54, 1.807) is 24.3 Å². The highest BCUT2D eigenvalue weighted by Crippen LogP contribution is 2.39. The predicted molar refractivity (Wildman–Crippen MR) is 116 cm³/mol. The summed E-state index contributed by atoms with van der Waals surface area (Å²) in [6.45, 7) is 3.51. The first kappa shape index (κ1) is 22.5. The molecule has 1 amide bonds. The van der Waals surface area contributed by atoms with E-state index >= 15 is 0 Å². The van der Waals surface area contributed by atoms with Gasteiger partial charge in [-0.3, -0.25) is 9.59 Å². The van der Waals surface area contributed by atoms with Crippen molar-refractivity contribution < 1.29 is 23.8 Å². The van der Waals surface area contributed by atoms with Crippen molar-refractivity contribution in [1.82, 2.24) is 9.80 Å². The molecular formula is C24H27FN2O4. The second-order valence-corrected chi connectivity index (χ2v) is 7.66. The molecule has 1 aliphatic rings. The molecule has 0 saturated carbocycles. The van der Waals surface area contributed by atoms with Gasteiger partial charge in [0.05, 0.1) is 18.2 Å². The van der Waals surface area contributed by atoms with Crippen LogP contribution in [0.1, 0.15) is 30.5 Å². The number of halogens is 1. The van der Waals surface area contributed by atoms with Crippen LogP contribution >= 0.6 is 0 Å². The zero-order chi connectivity index (χ0) is 22.5. The largest absolute Gasteiger partial charge is 0.507 e. The standard InChI is InChI=1S/C24H27FN2O4/c1-4-31-19-12-8-16(9-13-19)21-20(22(28)17-6-10-18(25)11-7-17)23(29)24(30)27(21)15-5-14-26(2)3/h6-13,21,28H,4-5,14-15H2,1-3H3. The van der Waals surface area contributed by atoms with Crippen LogP contribution in [0.4, 0.5) is 4.39 Å². The molecule has 1 saturated heterocycles. The summed E-state index contributed by atoms with van der Waals surface area (Å²) in [4.78, 5) is 29.3. The Balaban J connectivity index is 2.05. The number of likely N-dealkylation sites (tertiary alicyclic amines) is 1. The third-order valence-electron chi connectivity index (χ3n) is 5.17. The summed E-state index contributed by atoms with van der Waals surface area (Å²) in [6, 6.07) is 11.6. The second-order valence-electron chi connectivity index (χ2n) is 7.66. The Kier molecular flexibility index (Phi) is 7.07. The van der Waals surface area contributed by atoms with Gasteiger partial charge in [0.25, 0.3) is 11.7 Å². The number of nitrogens with zero attached hydrogens (tertiary/aromatic N) is 2. The predicted octanol–water partition coefficient (Wildman–Crippen LogP) is 3.60. The molecule has 2 aromatic rings. The third kappa shape index (κ3) is 4.94. The van der Waals surface area contributed by atoms with Gasteiger partial charge in [0.15, 0.2) is 0 Å². The number of rotatable bonds is 8. The number of hydrogen-bond acceptors (Lipinski definition) is 5. The Morgan fingerprint density at radius 2 is 1.74 bits per heavy atom. The van der Waals surface area contributed by atoms with E-state index < -0.39 is 23.5 Å². The molecule has 164 valence electrons. The van der Waals surface area contributed by atoms with Crippen molar-refractivity contribution in [2.45, 2.75) is 19.4 Å². The van der Waals surface area contributed by atoms with Crippen LogP contribution in [0.5, 0.6) is 5.75 Å². The minimum Gasteiger partial charge on any atom is -0.507 e. The molecule has 0 bridgehead atoms. The molecule has 3 rings (SSSR count). The maximum atomic E-state index is 13.3. The highest BCUT2D eigenvalue weighted by atomic mass is 19.1. The van der Waals surface area contributed by atoms with Crippen LogP contribution in [-0.4, -0.2) is 60.4 Å². The molecule has 6 nitrogen and oxygen atoms in total. The molecule has 0 aliphatic carbocycles. The summed E-state index contributed by atoms with van der Waals surface area (Å²) in [7, 11) is 3.87. The zero-order valence-electron chi connectivity index (χ0n) is 18.0. The monoisotopic (exact) mass is 426 g/mol. The second kappa shape index (κ2) is 9.75. The number of aliphatic hydroxyl groups excluding tert-OH is 1. The smallest absolute Gasteiger partial charge is 0.295 e. The summed E-state index contributed by atoms with van der Waals surface area (Å²) in [6.07, 6.45) is 0.671. The molecule has 31 heavy (non-hydrogen) atoms. The Bertz CT molecular complexity index is 968. The van der Waals surface area contributed by atoms with Crippen LogP contribution in [0.15, 0.2) is 54.1 Å². The van der Waals surface area contributed by atoms with Crippen molar-refractivity contribution in [2.75, 3.05) is 33.8 Å². The van der Waals surface area contributed by atoms with Crippen LogP contribution in [0.3, 0.4) is 0 Å². The van der Waals surface area contributed by atoms with Crippen LogP contribution < -0.4 is 4.74 Å². The van der Waals surface area contributed by atoms with Crippen molar-refractivity contribution in [2.24, 2.45) is 0 Å². The SMILES string of the molecule is CCOc1ccc(C2C(=C(O)c3ccc(F)cc3)C(=O)C(=O)N2CCCN(C)C)cc1. The summed E-state index contributed by atoms with van der Waals surface area (Å²) < 4.78 is 18.8. The van der Waals surface area contributed by atoms with Gasteiger partial charge in [-0.1, -0.05) is 12.1 Å². The van der Waals surface area contributed by atoms with Gasteiger partial charge in [0.1, 0.15) is 17.3 Å². The van der Waals surface area contributed by atoms with Gasteiger partial charge < -0.3 is 19.6 Å². The highest BCUT2D eigenvalue weighted by molar-refractivity contribution is 6.46. The Morgan fingerprint density at radius 1 is 1.10 bits per heavy atom. The molecule has 1 atom stereocenters. The number of ether oxygens (including phenoxy) is 1. The van der Waals surface area contributed by atoms with Gasteiger partial charge in [0.2, 0.25) is 0 Å². The summed E-state index contributed by atoms with van der Waals surface area (Å²) in [5.74, 6) is -1.49. The molecule has 2 aromatic carbocycles. The minimum atomic E-state index is -0.745. The first-order chi connectivity index (χ1) is 14.8. The normalized spacial score (nSPS) is 18.1. The summed E-state index contributed by atoms with van der Waals surface area (Å²) in [5, 5.41) is 10.9. The van der Waals surface area contributed by atoms with E-state index in [4.69, 9.17) is 4.74 Å². The van der Waals surface area contributed by atoms with Crippen molar-refractivity contribution in [3.05, 3.63) is 71.0 Å². The molecule has 1 unspecified atom stereocenters. The van der Waals surface area contributed by atoms with E-state index in [0.29, 0.717) is 30.9 Å². The molecule has 0 radical (unpaired) electrons. The number of Topliss-reactive ketones (excluding diaryl/α,β-unsaturated/α-hetero) is 1. The molecular weight excluding hydrogens is 399 g/mol. The van der Waals surface area contributed by atoms with E-state index in [1.165, 1.54) is 29.2 Å². The lowest BCUT2D eigenvalue weighted by Crippen LogP contribution is -2.32. The minimum absolute atomic E-state index is 0.00520. The fourth-order valence-corrected chi connectivity index (χ4v) is 3.69. The lowest BCUT2D eigenvalue weighted by atomic mass is 9.95. The number of carbonyl (C=O) groups excluding carboxylic acids is 2. The third-order valence-corrected chi connectivity index (χ3v) is 5.17. The molecule has 1 aliphatic heterocycles. The lowest BCUT2D eigenvalue weighted by molar-refractivity contribution is -0.139. The van der Waals surface area contributed by atoms with Gasteiger partial charge in [-0.15, -0.1) is 0 Å². The summed E-state index contributed by atoms with van der Waals surface area (Å²) in [5.41, 5.74) is 0.977. The van der Waals surface area contributed by atoms with Gasteiger partial charge in [-0.05, 0) is 75.9 Å². The number of hydrogen-bond donors (Lipinski definition) is 1. The summed E-state index contributed by atoms with van der Waals surface area (Å²) >= 11 is 0. The van der Waals surface area contributed by atoms with Gasteiger partial charge in [-0.2, -0.15) is 0 Å². The van der Waals surface area contributed by atoms with E-state index in [-0.39, 0.29) is 16.9 Å². The first-order valence-electron chi connectivity index (χ1n) is 10.2. The molecule has 0 aromatic heterocycles. The fraction of sp³-hybridized carbons (Fsp3) is 0.333. The fourth-order valence-electron chi connectivity index (χ4n) is 3.69. The van der Waals surface area contributed by atoms with Crippen molar-refractivity contribution in [3.8, 4) is 5.75 Å². The van der Waals surface area contributed by atoms with Crippen LogP contribution in [0.25, 0.3) is 5.76 Å². The van der Waals surface area contributed by atoms with Crippen LogP contribution in [0.2, 0.25) is 0 Å². The van der Waals surface area contributed by atoms with Crippen molar-refractivity contribution >= 4 is 17.4 Å².